The Morgan fingerprint density at radius 1 is 1.25 bits per heavy atom. The van der Waals surface area contributed by atoms with Crippen LogP contribution in [0.2, 0.25) is 0 Å². The van der Waals surface area contributed by atoms with Gasteiger partial charge in [-0.1, -0.05) is 22.0 Å². The van der Waals surface area contributed by atoms with Crippen LogP contribution in [0.4, 0.5) is 11.4 Å². The summed E-state index contributed by atoms with van der Waals surface area (Å²) in [5, 5.41) is 6.43. The number of halogens is 1. The van der Waals surface area contributed by atoms with E-state index in [1.54, 1.807) is 7.11 Å². The number of aryl methyl sites for hydroxylation is 1. The fourth-order valence-electron chi connectivity index (χ4n) is 2.56. The molecule has 0 saturated heterocycles. The molecule has 0 bridgehead atoms. The van der Waals surface area contributed by atoms with Gasteiger partial charge in [0, 0.05) is 33.9 Å². The van der Waals surface area contributed by atoms with Crippen molar-refractivity contribution in [2.75, 3.05) is 17.7 Å². The second kappa shape index (κ2) is 7.26. The number of rotatable bonds is 6. The minimum atomic E-state index is 0.124. The molecule has 2 aromatic rings. The number of methoxy groups -OCH3 is 1. The van der Waals surface area contributed by atoms with Gasteiger partial charge in [0.25, 0.3) is 0 Å². The van der Waals surface area contributed by atoms with Gasteiger partial charge in [0.2, 0.25) is 5.91 Å². The zero-order valence-corrected chi connectivity index (χ0v) is 15.4. The summed E-state index contributed by atoms with van der Waals surface area (Å²) in [6, 6.07) is 11.9. The first-order valence-corrected chi connectivity index (χ1v) is 8.84. The van der Waals surface area contributed by atoms with Crippen LogP contribution in [0.5, 0.6) is 5.75 Å². The summed E-state index contributed by atoms with van der Waals surface area (Å²) in [6.45, 7) is 2.69. The summed E-state index contributed by atoms with van der Waals surface area (Å²) in [7, 11) is 1.67. The highest BCUT2D eigenvalue weighted by molar-refractivity contribution is 9.10. The molecule has 1 amide bonds. The van der Waals surface area contributed by atoms with Crippen LogP contribution in [0.1, 0.15) is 24.0 Å². The number of amides is 1. The van der Waals surface area contributed by atoms with Gasteiger partial charge in [0.15, 0.2) is 0 Å². The Morgan fingerprint density at radius 2 is 2.04 bits per heavy atom. The van der Waals surface area contributed by atoms with Gasteiger partial charge in [-0.3, -0.25) is 4.79 Å². The van der Waals surface area contributed by atoms with Crippen LogP contribution in [-0.2, 0) is 11.3 Å². The van der Waals surface area contributed by atoms with Crippen LogP contribution < -0.4 is 15.4 Å². The van der Waals surface area contributed by atoms with Crippen molar-refractivity contribution in [3.63, 3.8) is 0 Å². The molecule has 5 heteroatoms. The van der Waals surface area contributed by atoms with Crippen molar-refractivity contribution in [1.29, 1.82) is 0 Å². The van der Waals surface area contributed by atoms with Crippen LogP contribution in [0.25, 0.3) is 0 Å². The number of nitrogens with one attached hydrogen (secondary N) is 2. The lowest BCUT2D eigenvalue weighted by molar-refractivity contribution is -0.117. The fourth-order valence-corrected chi connectivity index (χ4v) is 2.96. The molecular weight excluding hydrogens is 368 g/mol. The fraction of sp³-hybridized carbons (Fsp3) is 0.316. The molecular formula is C19H21BrN2O2. The largest absolute Gasteiger partial charge is 0.496 e. The third-order valence-electron chi connectivity index (χ3n) is 4.16. The van der Waals surface area contributed by atoms with E-state index in [0.717, 1.165) is 45.6 Å². The molecule has 24 heavy (non-hydrogen) atoms. The van der Waals surface area contributed by atoms with Crippen molar-refractivity contribution in [1.82, 2.24) is 0 Å². The maximum absolute atomic E-state index is 11.9. The van der Waals surface area contributed by atoms with Gasteiger partial charge in [-0.25, -0.2) is 0 Å². The highest BCUT2D eigenvalue weighted by Crippen LogP contribution is 2.31. The van der Waals surface area contributed by atoms with Crippen molar-refractivity contribution >= 4 is 33.2 Å². The topological polar surface area (TPSA) is 50.4 Å². The standard InChI is InChI=1S/C19H21BrN2O2/c1-12-3-7-16(22-19(23)13-4-5-13)10-17(12)21-11-14-9-15(20)6-8-18(14)24-2/h3,6-10,13,21H,4-5,11H2,1-2H3,(H,22,23). The molecule has 0 spiro atoms. The number of ether oxygens (including phenoxy) is 1. The molecule has 126 valence electrons. The summed E-state index contributed by atoms with van der Waals surface area (Å²) in [6.07, 6.45) is 2.01. The molecule has 3 rings (SSSR count). The lowest BCUT2D eigenvalue weighted by Gasteiger charge is -2.14. The van der Waals surface area contributed by atoms with Crippen molar-refractivity contribution in [2.24, 2.45) is 5.92 Å². The van der Waals surface area contributed by atoms with Crippen molar-refractivity contribution in [3.05, 3.63) is 52.0 Å². The first-order valence-electron chi connectivity index (χ1n) is 8.04. The van der Waals surface area contributed by atoms with Gasteiger partial charge in [0.05, 0.1) is 7.11 Å². The average Bonchev–Trinajstić information content (AvgIpc) is 3.40. The summed E-state index contributed by atoms with van der Waals surface area (Å²) in [4.78, 5) is 11.9. The van der Waals surface area contributed by atoms with Crippen molar-refractivity contribution in [3.8, 4) is 5.75 Å². The lowest BCUT2D eigenvalue weighted by Crippen LogP contribution is -2.13. The van der Waals surface area contributed by atoms with E-state index >= 15 is 0 Å². The third kappa shape index (κ3) is 4.09. The third-order valence-corrected chi connectivity index (χ3v) is 4.66. The predicted octanol–water partition coefficient (Wildman–Crippen LogP) is 4.73. The number of hydrogen-bond acceptors (Lipinski definition) is 3. The molecule has 0 aromatic heterocycles. The SMILES string of the molecule is COc1ccc(Br)cc1CNc1cc(NC(=O)C2CC2)ccc1C. The molecule has 0 heterocycles. The summed E-state index contributed by atoms with van der Waals surface area (Å²) in [5.41, 5.74) is 4.04. The number of benzene rings is 2. The number of carbonyl (C=O) groups is 1. The van der Waals surface area contributed by atoms with E-state index in [0.29, 0.717) is 6.54 Å². The van der Waals surface area contributed by atoms with E-state index in [1.165, 1.54) is 0 Å². The monoisotopic (exact) mass is 388 g/mol. The molecule has 0 atom stereocenters. The Bertz CT molecular complexity index is 757. The Kier molecular flexibility index (Phi) is 5.09. The first-order chi connectivity index (χ1) is 11.6. The molecule has 1 saturated carbocycles. The van der Waals surface area contributed by atoms with Crippen LogP contribution in [-0.4, -0.2) is 13.0 Å². The Balaban J connectivity index is 1.72. The van der Waals surface area contributed by atoms with Gasteiger partial charge < -0.3 is 15.4 Å². The van der Waals surface area contributed by atoms with Crippen molar-refractivity contribution < 1.29 is 9.53 Å². The Hall–Kier alpha value is -2.01. The molecule has 1 aliphatic carbocycles. The minimum Gasteiger partial charge on any atom is -0.496 e. The predicted molar refractivity (Wildman–Crippen MR) is 101 cm³/mol. The Morgan fingerprint density at radius 3 is 2.75 bits per heavy atom. The number of carbonyl (C=O) groups excluding carboxylic acids is 1. The van der Waals surface area contributed by atoms with Crippen LogP contribution >= 0.6 is 15.9 Å². The van der Waals surface area contributed by atoms with Gasteiger partial charge in [0.1, 0.15) is 5.75 Å². The molecule has 1 fully saturated rings. The van der Waals surface area contributed by atoms with E-state index < -0.39 is 0 Å². The minimum absolute atomic E-state index is 0.124. The van der Waals surface area contributed by atoms with Gasteiger partial charge in [-0.05, 0) is 55.7 Å². The maximum Gasteiger partial charge on any atom is 0.227 e. The van der Waals surface area contributed by atoms with E-state index in [9.17, 15) is 4.79 Å². The zero-order chi connectivity index (χ0) is 17.1. The molecule has 1 aliphatic rings. The quantitative estimate of drug-likeness (QED) is 0.751. The smallest absolute Gasteiger partial charge is 0.227 e. The number of hydrogen-bond donors (Lipinski definition) is 2. The summed E-state index contributed by atoms with van der Waals surface area (Å²) >= 11 is 3.49. The molecule has 4 nitrogen and oxygen atoms in total. The maximum atomic E-state index is 11.9. The lowest BCUT2D eigenvalue weighted by atomic mass is 10.1. The second-order valence-electron chi connectivity index (χ2n) is 6.10. The van der Waals surface area contributed by atoms with Crippen LogP contribution in [0, 0.1) is 12.8 Å². The highest BCUT2D eigenvalue weighted by Gasteiger charge is 2.29. The van der Waals surface area contributed by atoms with Crippen LogP contribution in [0.3, 0.4) is 0 Å². The van der Waals surface area contributed by atoms with E-state index in [-0.39, 0.29) is 11.8 Å². The van der Waals surface area contributed by atoms with E-state index in [1.807, 2.05) is 43.3 Å². The summed E-state index contributed by atoms with van der Waals surface area (Å²) < 4.78 is 6.43. The second-order valence-corrected chi connectivity index (χ2v) is 7.02. The molecule has 2 aromatic carbocycles. The van der Waals surface area contributed by atoms with Gasteiger partial charge in [-0.15, -0.1) is 0 Å². The molecule has 2 N–H and O–H groups in total. The zero-order valence-electron chi connectivity index (χ0n) is 13.9. The molecule has 0 radical (unpaired) electrons. The first kappa shape index (κ1) is 16.8. The van der Waals surface area contributed by atoms with Gasteiger partial charge >= 0.3 is 0 Å². The summed E-state index contributed by atoms with van der Waals surface area (Å²) in [5.74, 6) is 1.17. The van der Waals surface area contributed by atoms with Crippen molar-refractivity contribution in [2.45, 2.75) is 26.3 Å². The normalized spacial score (nSPS) is 13.5. The highest BCUT2D eigenvalue weighted by atomic mass is 79.9. The average molecular weight is 389 g/mol. The number of anilines is 2. The van der Waals surface area contributed by atoms with Crippen LogP contribution in [0.15, 0.2) is 40.9 Å². The molecule has 0 unspecified atom stereocenters. The van der Waals surface area contributed by atoms with E-state index in [4.69, 9.17) is 4.74 Å². The molecule has 0 aliphatic heterocycles. The van der Waals surface area contributed by atoms with E-state index in [2.05, 4.69) is 26.6 Å². The Labute approximate surface area is 150 Å². The van der Waals surface area contributed by atoms with Gasteiger partial charge in [-0.2, -0.15) is 0 Å².